The first-order valence-electron chi connectivity index (χ1n) is 10.5. The van der Waals surface area contributed by atoms with Crippen LogP contribution in [0.3, 0.4) is 0 Å². The Morgan fingerprint density at radius 2 is 1.56 bits per heavy atom. The van der Waals surface area contributed by atoms with E-state index in [1.807, 2.05) is 24.4 Å². The number of anilines is 2. The molecule has 1 aliphatic heterocycles. The third-order valence-corrected chi connectivity index (χ3v) is 6.02. The summed E-state index contributed by atoms with van der Waals surface area (Å²) in [4.78, 5) is 36.3. The highest BCUT2D eigenvalue weighted by Gasteiger charge is 2.38. The number of aryl methyl sites for hydroxylation is 2. The minimum absolute atomic E-state index is 0.798. The molecule has 9 nitrogen and oxygen atoms in total. The fraction of sp³-hybridized carbons (Fsp3) is 0.174. The lowest BCUT2D eigenvalue weighted by Crippen LogP contribution is -2.21. The Kier molecular flexibility index (Phi) is 8.28. The summed E-state index contributed by atoms with van der Waals surface area (Å²) in [5.74, 6) is -3.81. The molecule has 4 aromatic rings. The summed E-state index contributed by atoms with van der Waals surface area (Å²) >= 11 is 1.75. The van der Waals surface area contributed by atoms with Gasteiger partial charge in [0.15, 0.2) is 0 Å². The molecule has 0 saturated heterocycles. The number of rotatable bonds is 1. The number of fused-ring (bicyclic) bond motifs is 5. The summed E-state index contributed by atoms with van der Waals surface area (Å²) in [5, 5.41) is 19.8. The van der Waals surface area contributed by atoms with E-state index in [1.54, 1.807) is 23.7 Å². The van der Waals surface area contributed by atoms with Crippen LogP contribution < -0.4 is 5.32 Å². The maximum atomic E-state index is 10.6. The summed E-state index contributed by atoms with van der Waals surface area (Å²) in [5.41, 5.74) is 7.30. The van der Waals surface area contributed by atoms with Gasteiger partial charge in [-0.25, -0.2) is 19.6 Å². The van der Waals surface area contributed by atoms with Gasteiger partial charge < -0.3 is 20.5 Å². The average Bonchev–Trinajstić information content (AvgIpc) is 3.38. The zero-order chi connectivity index (χ0) is 29.1. The van der Waals surface area contributed by atoms with Crippen molar-refractivity contribution in [2.45, 2.75) is 26.2 Å². The van der Waals surface area contributed by atoms with E-state index in [4.69, 9.17) is 24.8 Å². The second kappa shape index (κ2) is 11.1. The number of aromatic amines is 1. The van der Waals surface area contributed by atoms with E-state index >= 15 is 0 Å². The lowest BCUT2D eigenvalue weighted by atomic mass is 10.1. The van der Waals surface area contributed by atoms with Gasteiger partial charge in [-0.1, -0.05) is 0 Å². The molecule has 16 heteroatoms. The Labute approximate surface area is 219 Å². The summed E-state index contributed by atoms with van der Waals surface area (Å²) in [6.45, 7) is 4.26. The van der Waals surface area contributed by atoms with E-state index in [2.05, 4.69) is 39.5 Å². The smallest absolute Gasteiger partial charge is 0.475 e. The second-order valence-electron chi connectivity index (χ2n) is 7.71. The fourth-order valence-electron chi connectivity index (χ4n) is 3.34. The third-order valence-electron chi connectivity index (χ3n) is 4.99. The van der Waals surface area contributed by atoms with Crippen LogP contribution in [0.2, 0.25) is 0 Å². The van der Waals surface area contributed by atoms with Crippen LogP contribution in [0.1, 0.15) is 10.4 Å². The Morgan fingerprint density at radius 3 is 2.10 bits per heavy atom. The number of aromatic nitrogens is 4. The maximum Gasteiger partial charge on any atom is 0.490 e. The van der Waals surface area contributed by atoms with E-state index in [0.29, 0.717) is 0 Å². The van der Waals surface area contributed by atoms with E-state index in [-0.39, 0.29) is 0 Å². The number of hydrogen-bond donors (Lipinski definition) is 4. The molecule has 0 fully saturated rings. The van der Waals surface area contributed by atoms with E-state index < -0.39 is 24.3 Å². The minimum Gasteiger partial charge on any atom is -0.475 e. The number of thiophene rings is 1. The Balaban J connectivity index is 0.000000251. The SMILES string of the molecule is Cc1csc(C)c1-c1nc2c([nH]1)-c1ccncc1Nc1ncccc1-2.O=C(O)C(F)(F)F.O=C(O)C(F)(F)F. The number of hydrogen-bond acceptors (Lipinski definition) is 7. The first kappa shape index (κ1) is 29.1. The van der Waals surface area contributed by atoms with Crippen LogP contribution in [0.15, 0.2) is 42.2 Å². The number of nitrogens with one attached hydrogen (secondary N) is 2. The predicted octanol–water partition coefficient (Wildman–Crippen LogP) is 6.20. The van der Waals surface area contributed by atoms with Crippen molar-refractivity contribution in [3.63, 3.8) is 0 Å². The molecule has 5 rings (SSSR count). The van der Waals surface area contributed by atoms with Crippen molar-refractivity contribution in [2.24, 2.45) is 0 Å². The molecule has 206 valence electrons. The van der Waals surface area contributed by atoms with E-state index in [9.17, 15) is 26.3 Å². The van der Waals surface area contributed by atoms with Crippen molar-refractivity contribution in [3.05, 3.63) is 52.6 Å². The van der Waals surface area contributed by atoms with Gasteiger partial charge in [-0.3, -0.25) is 4.98 Å². The van der Waals surface area contributed by atoms with Crippen LogP contribution in [0.5, 0.6) is 0 Å². The van der Waals surface area contributed by atoms with Crippen molar-refractivity contribution < 1.29 is 46.1 Å². The zero-order valence-corrected chi connectivity index (χ0v) is 20.6. The van der Waals surface area contributed by atoms with Crippen LogP contribution >= 0.6 is 11.3 Å². The molecule has 4 N–H and O–H groups in total. The minimum atomic E-state index is -5.08. The summed E-state index contributed by atoms with van der Waals surface area (Å²) in [7, 11) is 0. The quantitative estimate of drug-likeness (QED) is 0.174. The molecule has 39 heavy (non-hydrogen) atoms. The number of H-pyrrole nitrogens is 1. The van der Waals surface area contributed by atoms with Gasteiger partial charge in [0.2, 0.25) is 0 Å². The summed E-state index contributed by atoms with van der Waals surface area (Å²) in [6.07, 6.45) is -4.76. The van der Waals surface area contributed by atoms with Gasteiger partial charge in [0.05, 0.1) is 17.6 Å². The van der Waals surface area contributed by atoms with Gasteiger partial charge in [0.1, 0.15) is 17.3 Å². The average molecular weight is 573 g/mol. The van der Waals surface area contributed by atoms with Crippen molar-refractivity contribution >= 4 is 34.8 Å². The van der Waals surface area contributed by atoms with Gasteiger partial charge in [-0.15, -0.1) is 11.3 Å². The number of aliphatic carboxylic acids is 2. The largest absolute Gasteiger partial charge is 0.490 e. The molecular weight excluding hydrogens is 556 g/mol. The summed E-state index contributed by atoms with van der Waals surface area (Å²) in [6, 6.07) is 5.99. The molecule has 0 radical (unpaired) electrons. The van der Waals surface area contributed by atoms with Crippen LogP contribution in [-0.2, 0) is 9.59 Å². The number of carboxylic acid groups (broad SMARTS) is 2. The van der Waals surface area contributed by atoms with Gasteiger partial charge in [-0.2, -0.15) is 26.3 Å². The van der Waals surface area contributed by atoms with Gasteiger partial charge in [0, 0.05) is 34.0 Å². The number of alkyl halides is 6. The van der Waals surface area contributed by atoms with Crippen molar-refractivity contribution in [1.82, 2.24) is 19.9 Å². The van der Waals surface area contributed by atoms with Crippen LogP contribution in [-0.4, -0.2) is 54.4 Å². The molecule has 0 spiro atoms. The molecule has 0 bridgehead atoms. The molecule has 5 heterocycles. The van der Waals surface area contributed by atoms with Gasteiger partial charge in [0.25, 0.3) is 0 Å². The van der Waals surface area contributed by atoms with Crippen LogP contribution in [0.4, 0.5) is 37.8 Å². The van der Waals surface area contributed by atoms with E-state index in [1.165, 1.54) is 16.0 Å². The Hall–Kier alpha value is -4.47. The number of pyridine rings is 2. The normalized spacial score (nSPS) is 11.7. The van der Waals surface area contributed by atoms with Crippen molar-refractivity contribution in [2.75, 3.05) is 5.32 Å². The molecule has 4 aromatic heterocycles. The Bertz CT molecular complexity index is 1410. The predicted molar refractivity (Wildman–Crippen MR) is 129 cm³/mol. The molecule has 0 aliphatic carbocycles. The van der Waals surface area contributed by atoms with Crippen molar-refractivity contribution in [3.8, 4) is 33.9 Å². The highest BCUT2D eigenvalue weighted by atomic mass is 32.1. The lowest BCUT2D eigenvalue weighted by Gasteiger charge is -2.07. The highest BCUT2D eigenvalue weighted by Crippen LogP contribution is 2.43. The highest BCUT2D eigenvalue weighted by molar-refractivity contribution is 7.10. The van der Waals surface area contributed by atoms with Gasteiger partial charge >= 0.3 is 24.3 Å². The molecule has 1 aliphatic rings. The third kappa shape index (κ3) is 6.70. The molecule has 0 aromatic carbocycles. The molecule has 0 unspecified atom stereocenters. The van der Waals surface area contributed by atoms with Crippen LogP contribution in [0, 0.1) is 13.8 Å². The van der Waals surface area contributed by atoms with Crippen LogP contribution in [0.25, 0.3) is 33.9 Å². The zero-order valence-electron chi connectivity index (χ0n) is 19.8. The number of nitrogens with zero attached hydrogens (tertiary/aromatic N) is 3. The number of carboxylic acids is 2. The number of carbonyl (C=O) groups is 2. The fourth-order valence-corrected chi connectivity index (χ4v) is 4.19. The maximum absolute atomic E-state index is 10.6. The first-order valence-corrected chi connectivity index (χ1v) is 11.4. The van der Waals surface area contributed by atoms with Gasteiger partial charge in [-0.05, 0) is 43.0 Å². The number of imidazole rings is 1. The topological polar surface area (TPSA) is 141 Å². The van der Waals surface area contributed by atoms with Crippen molar-refractivity contribution in [1.29, 1.82) is 0 Å². The Morgan fingerprint density at radius 1 is 0.949 bits per heavy atom. The number of halogens is 6. The molecule has 0 atom stereocenters. The monoisotopic (exact) mass is 573 g/mol. The second-order valence-corrected chi connectivity index (χ2v) is 8.79. The molecule has 0 saturated carbocycles. The molecular formula is C23H17F6N5O4S. The summed E-state index contributed by atoms with van der Waals surface area (Å²) < 4.78 is 63.5. The standard InChI is InChI=1S/C19H15N5S.2C2HF3O2/c1-10-9-25-11(2)15(10)19-23-16-12-5-7-20-8-14(12)22-18-13(17(16)24-19)4-3-6-21-18;2*3-2(4,5)1(6)7/h3-9H,1-2H3,(H,21,22)(H,23,24);2*(H,6,7). The lowest BCUT2D eigenvalue weighted by molar-refractivity contribution is -0.193. The first-order chi connectivity index (χ1) is 18.1. The molecule has 0 amide bonds. The van der Waals surface area contributed by atoms with E-state index in [0.717, 1.165) is 39.8 Å².